The maximum absolute atomic E-state index is 14.7. The van der Waals surface area contributed by atoms with E-state index in [-0.39, 0.29) is 15.5 Å². The van der Waals surface area contributed by atoms with Gasteiger partial charge in [-0.1, -0.05) is 41.9 Å². The summed E-state index contributed by atoms with van der Waals surface area (Å²) < 4.78 is 41.8. The molecule has 0 aromatic heterocycles. The monoisotopic (exact) mass is 407 g/mol. The van der Waals surface area contributed by atoms with E-state index in [0.29, 0.717) is 10.6 Å². The SMILES string of the molecule is Cc1cc(-c2ccc(NS(=O)(=O)c3ccccc3)c(F)c2S)ccc1Cl. The second-order valence-electron chi connectivity index (χ2n) is 5.71. The number of aryl methyl sites for hydroxylation is 1. The van der Waals surface area contributed by atoms with Crippen molar-refractivity contribution in [3.05, 3.63) is 77.1 Å². The lowest BCUT2D eigenvalue weighted by molar-refractivity contribution is 0.594. The molecule has 0 unspecified atom stereocenters. The average molecular weight is 408 g/mol. The quantitative estimate of drug-likeness (QED) is 0.557. The predicted molar refractivity (Wildman–Crippen MR) is 106 cm³/mol. The highest BCUT2D eigenvalue weighted by atomic mass is 35.5. The van der Waals surface area contributed by atoms with Gasteiger partial charge in [-0.2, -0.15) is 0 Å². The highest BCUT2D eigenvalue weighted by Crippen LogP contribution is 2.34. The van der Waals surface area contributed by atoms with Crippen LogP contribution in [0.1, 0.15) is 5.56 Å². The lowest BCUT2D eigenvalue weighted by atomic mass is 10.0. The first-order valence-corrected chi connectivity index (χ1v) is 9.96. The van der Waals surface area contributed by atoms with E-state index >= 15 is 0 Å². The van der Waals surface area contributed by atoms with Crippen molar-refractivity contribution in [3.8, 4) is 11.1 Å². The lowest BCUT2D eigenvalue weighted by Gasteiger charge is -2.13. The van der Waals surface area contributed by atoms with Crippen LogP contribution in [0.2, 0.25) is 5.02 Å². The number of sulfonamides is 1. The predicted octanol–water partition coefficient (Wildman–Crippen LogP) is 5.54. The summed E-state index contributed by atoms with van der Waals surface area (Å²) in [5.41, 5.74) is 1.99. The number of anilines is 1. The van der Waals surface area contributed by atoms with E-state index in [2.05, 4.69) is 17.4 Å². The van der Waals surface area contributed by atoms with Crippen molar-refractivity contribution in [3.63, 3.8) is 0 Å². The molecule has 0 aliphatic rings. The van der Waals surface area contributed by atoms with Crippen LogP contribution >= 0.6 is 24.2 Å². The third-order valence-electron chi connectivity index (χ3n) is 3.88. The summed E-state index contributed by atoms with van der Waals surface area (Å²) in [5.74, 6) is -0.738. The molecule has 3 aromatic rings. The normalized spacial score (nSPS) is 11.4. The third kappa shape index (κ3) is 3.72. The Kier molecular flexibility index (Phi) is 5.27. The van der Waals surface area contributed by atoms with Gasteiger partial charge >= 0.3 is 0 Å². The van der Waals surface area contributed by atoms with E-state index in [0.717, 1.165) is 11.1 Å². The van der Waals surface area contributed by atoms with E-state index in [1.54, 1.807) is 36.4 Å². The number of hydrogen-bond acceptors (Lipinski definition) is 3. The topological polar surface area (TPSA) is 46.2 Å². The maximum Gasteiger partial charge on any atom is 0.261 e. The fourth-order valence-electron chi connectivity index (χ4n) is 2.49. The van der Waals surface area contributed by atoms with Gasteiger partial charge in [0.25, 0.3) is 10.0 Å². The Morgan fingerprint density at radius 1 is 1.04 bits per heavy atom. The summed E-state index contributed by atoms with van der Waals surface area (Å²) in [5, 5.41) is 0.613. The standard InChI is InChI=1S/C19H15ClFNO2S2/c1-12-11-13(7-9-16(12)20)15-8-10-17(18(21)19(15)25)22-26(23,24)14-5-3-2-4-6-14/h2-11,22,25H,1H3. The van der Waals surface area contributed by atoms with Crippen LogP contribution in [0.15, 0.2) is 70.5 Å². The molecule has 0 fully saturated rings. The first-order chi connectivity index (χ1) is 12.3. The second kappa shape index (κ2) is 7.31. The van der Waals surface area contributed by atoms with Crippen molar-refractivity contribution < 1.29 is 12.8 Å². The van der Waals surface area contributed by atoms with Crippen LogP contribution in [0.3, 0.4) is 0 Å². The molecule has 1 N–H and O–H groups in total. The van der Waals surface area contributed by atoms with Crippen molar-refractivity contribution in [1.82, 2.24) is 0 Å². The van der Waals surface area contributed by atoms with Gasteiger partial charge in [0.2, 0.25) is 0 Å². The fraction of sp³-hybridized carbons (Fsp3) is 0.0526. The Morgan fingerprint density at radius 2 is 1.73 bits per heavy atom. The Labute approximate surface area is 162 Å². The molecule has 7 heteroatoms. The molecule has 0 saturated heterocycles. The van der Waals surface area contributed by atoms with E-state index in [9.17, 15) is 12.8 Å². The van der Waals surface area contributed by atoms with Crippen LogP contribution in [0.25, 0.3) is 11.1 Å². The molecule has 0 heterocycles. The summed E-state index contributed by atoms with van der Waals surface area (Å²) in [6.07, 6.45) is 0. The number of nitrogens with one attached hydrogen (secondary N) is 1. The second-order valence-corrected chi connectivity index (χ2v) is 8.24. The molecule has 0 atom stereocenters. The Bertz CT molecular complexity index is 1070. The minimum atomic E-state index is -3.88. The summed E-state index contributed by atoms with van der Waals surface area (Å²) in [4.78, 5) is 0.109. The van der Waals surface area contributed by atoms with Crippen LogP contribution < -0.4 is 4.72 Å². The molecule has 134 valence electrons. The molecule has 3 aromatic carbocycles. The van der Waals surface area contributed by atoms with Gasteiger partial charge < -0.3 is 0 Å². The number of rotatable bonds is 4. The van der Waals surface area contributed by atoms with Crippen LogP contribution in [-0.2, 0) is 10.0 Å². The van der Waals surface area contributed by atoms with Crippen molar-refractivity contribution in [1.29, 1.82) is 0 Å². The van der Waals surface area contributed by atoms with Crippen LogP contribution in [0.5, 0.6) is 0 Å². The molecule has 0 aliphatic heterocycles. The molecular formula is C19H15ClFNO2S2. The van der Waals surface area contributed by atoms with Gasteiger partial charge in [-0.3, -0.25) is 4.72 Å². The first-order valence-electron chi connectivity index (χ1n) is 7.65. The zero-order valence-corrected chi connectivity index (χ0v) is 16.2. The van der Waals surface area contributed by atoms with Crippen LogP contribution in [0, 0.1) is 12.7 Å². The van der Waals surface area contributed by atoms with E-state index in [1.807, 2.05) is 13.0 Å². The van der Waals surface area contributed by atoms with Gasteiger partial charge in [-0.25, -0.2) is 12.8 Å². The fourth-order valence-corrected chi connectivity index (χ4v) is 4.01. The largest absolute Gasteiger partial charge is 0.277 e. The van der Waals surface area contributed by atoms with Gasteiger partial charge in [0, 0.05) is 9.92 Å². The number of benzene rings is 3. The molecule has 3 rings (SSSR count). The van der Waals surface area contributed by atoms with Gasteiger partial charge in [-0.05, 0) is 53.9 Å². The van der Waals surface area contributed by atoms with Crippen molar-refractivity contribution >= 4 is 39.9 Å². The Morgan fingerprint density at radius 3 is 2.38 bits per heavy atom. The number of hydrogen-bond donors (Lipinski definition) is 2. The van der Waals surface area contributed by atoms with Gasteiger partial charge in [-0.15, -0.1) is 12.6 Å². The third-order valence-corrected chi connectivity index (χ3v) is 6.13. The average Bonchev–Trinajstić information content (AvgIpc) is 2.62. The van der Waals surface area contributed by atoms with Crippen molar-refractivity contribution in [2.45, 2.75) is 16.7 Å². The minimum Gasteiger partial charge on any atom is -0.277 e. The van der Waals surface area contributed by atoms with E-state index in [4.69, 9.17) is 11.6 Å². The molecule has 0 saturated carbocycles. The molecule has 3 nitrogen and oxygen atoms in total. The maximum atomic E-state index is 14.7. The van der Waals surface area contributed by atoms with Gasteiger partial charge in [0.05, 0.1) is 10.6 Å². The van der Waals surface area contributed by atoms with E-state index < -0.39 is 15.8 Å². The summed E-state index contributed by atoms with van der Waals surface area (Å²) in [7, 11) is -3.88. The Balaban J connectivity index is 1.99. The van der Waals surface area contributed by atoms with Crippen molar-refractivity contribution in [2.24, 2.45) is 0 Å². The summed E-state index contributed by atoms with van der Waals surface area (Å²) in [6, 6.07) is 16.1. The first kappa shape index (κ1) is 18.8. The van der Waals surface area contributed by atoms with Gasteiger partial charge in [0.1, 0.15) is 0 Å². The molecule has 0 amide bonds. The number of halogens is 2. The Hall–Kier alpha value is -2.02. The summed E-state index contributed by atoms with van der Waals surface area (Å²) in [6.45, 7) is 1.85. The zero-order chi connectivity index (χ0) is 18.9. The van der Waals surface area contributed by atoms with Crippen LogP contribution in [0.4, 0.5) is 10.1 Å². The van der Waals surface area contributed by atoms with Gasteiger partial charge in [0.15, 0.2) is 5.82 Å². The number of thiol groups is 1. The minimum absolute atomic E-state index is 0.0533. The highest BCUT2D eigenvalue weighted by Gasteiger charge is 2.19. The summed E-state index contributed by atoms with van der Waals surface area (Å²) >= 11 is 10.3. The van der Waals surface area contributed by atoms with Crippen LogP contribution in [-0.4, -0.2) is 8.42 Å². The molecule has 0 radical (unpaired) electrons. The molecular weight excluding hydrogens is 393 g/mol. The smallest absolute Gasteiger partial charge is 0.261 e. The molecule has 0 bridgehead atoms. The van der Waals surface area contributed by atoms with Crippen molar-refractivity contribution in [2.75, 3.05) is 4.72 Å². The lowest BCUT2D eigenvalue weighted by Crippen LogP contribution is -2.14. The highest BCUT2D eigenvalue weighted by molar-refractivity contribution is 7.92. The zero-order valence-electron chi connectivity index (χ0n) is 13.7. The molecule has 0 aliphatic carbocycles. The van der Waals surface area contributed by atoms with E-state index in [1.165, 1.54) is 18.2 Å². The molecule has 0 spiro atoms. The molecule has 26 heavy (non-hydrogen) atoms.